The molecule has 0 aliphatic rings. The molecule has 0 fully saturated rings. The van der Waals surface area contributed by atoms with E-state index in [1.54, 1.807) is 32.3 Å². The first kappa shape index (κ1) is 36.3. The number of benzene rings is 4. The lowest BCUT2D eigenvalue weighted by Crippen LogP contribution is -2.08. The molecule has 1 unspecified atom stereocenters. The molecule has 270 valence electrons. The Kier molecular flexibility index (Phi) is 11.1. The van der Waals surface area contributed by atoms with Crippen molar-refractivity contribution in [2.24, 2.45) is 0 Å². The summed E-state index contributed by atoms with van der Waals surface area (Å²) in [6, 6.07) is 27.4. The molecule has 2 aromatic heterocycles. The van der Waals surface area contributed by atoms with Crippen molar-refractivity contribution in [2.75, 3.05) is 46.0 Å². The largest absolute Gasteiger partial charge is 0.357 e. The zero-order valence-corrected chi connectivity index (χ0v) is 29.6. The number of hydrogen-bond donors (Lipinski definition) is 8. The van der Waals surface area contributed by atoms with Crippen molar-refractivity contribution in [3.8, 4) is 0 Å². The van der Waals surface area contributed by atoms with Gasteiger partial charge in [-0.1, -0.05) is 60.7 Å². The number of para-hydroxylation sites is 2. The number of nitrogens with zero attached hydrogens (tertiary/aromatic N) is 6. The van der Waals surface area contributed by atoms with E-state index in [0.717, 1.165) is 11.4 Å². The van der Waals surface area contributed by atoms with Crippen molar-refractivity contribution in [3.05, 3.63) is 108 Å². The second-order valence-corrected chi connectivity index (χ2v) is 13.2. The zero-order chi connectivity index (χ0) is 37.4. The molecular weight excluding hydrogens is 721 g/mol. The first-order valence-corrected chi connectivity index (χ1v) is 18.2. The fraction of sp³-hybridized carbons (Fsp3) is 0.0588. The Bertz CT molecular complexity index is 2400. The predicted octanol–water partition coefficient (Wildman–Crippen LogP) is 6.11. The lowest BCUT2D eigenvalue weighted by atomic mass is 10.1. The summed E-state index contributed by atoms with van der Waals surface area (Å²) in [5.74, 6) is 1.28. The maximum absolute atomic E-state index is 12.5. The van der Waals surface area contributed by atoms with Gasteiger partial charge in [0.15, 0.2) is 11.1 Å². The Hall–Kier alpha value is -6.54. The molecule has 17 nitrogen and oxygen atoms in total. The first-order valence-electron chi connectivity index (χ1n) is 15.7. The molecule has 0 aliphatic carbocycles. The molecule has 0 amide bonds. The standard InChI is InChI=1S/C34H32N12O5S2/c1-35-29-41-31(37-23-9-5-3-6-10-23)45-33(43-29)39-25-17-15-21(27(19-25)52(47)48)13-14-22-16-18-26(20-28(22)53(49,50)51)40-34-44-30(36-2)42-32(46-34)38-24-11-7-4-8-12-24/h3-20H,1-2H3,(H,47,48)(H,49,50,51)(H3,35,37,39,41,43,45)(H3,36,38,40,42,44,46)/b14-13+. The van der Waals surface area contributed by atoms with Gasteiger partial charge in [0.2, 0.25) is 35.7 Å². The van der Waals surface area contributed by atoms with E-state index in [9.17, 15) is 21.7 Å². The van der Waals surface area contributed by atoms with Crippen LogP contribution < -0.4 is 31.9 Å². The fourth-order valence-electron chi connectivity index (χ4n) is 4.81. The van der Waals surface area contributed by atoms with Crippen LogP contribution in [0, 0.1) is 0 Å². The lowest BCUT2D eigenvalue weighted by molar-refractivity contribution is 0.483. The summed E-state index contributed by atoms with van der Waals surface area (Å²) in [5, 5.41) is 17.9. The van der Waals surface area contributed by atoms with Gasteiger partial charge in [-0.3, -0.25) is 4.55 Å². The molecule has 0 spiro atoms. The van der Waals surface area contributed by atoms with Gasteiger partial charge in [-0.2, -0.15) is 38.3 Å². The molecule has 0 saturated heterocycles. The van der Waals surface area contributed by atoms with E-state index in [1.165, 1.54) is 30.4 Å². The van der Waals surface area contributed by atoms with Crippen LogP contribution in [0.4, 0.5) is 58.4 Å². The highest BCUT2D eigenvalue weighted by Crippen LogP contribution is 2.28. The highest BCUT2D eigenvalue weighted by atomic mass is 32.2. The van der Waals surface area contributed by atoms with Gasteiger partial charge >= 0.3 is 0 Å². The second kappa shape index (κ2) is 16.2. The van der Waals surface area contributed by atoms with Crippen LogP contribution in [0.2, 0.25) is 0 Å². The normalized spacial score (nSPS) is 11.8. The fourth-order valence-corrected chi connectivity index (χ4v) is 6.09. The van der Waals surface area contributed by atoms with Gasteiger partial charge in [0.05, 0.1) is 4.90 Å². The third-order valence-electron chi connectivity index (χ3n) is 7.23. The Morgan fingerprint density at radius 1 is 0.547 bits per heavy atom. The van der Waals surface area contributed by atoms with E-state index in [-0.39, 0.29) is 51.8 Å². The lowest BCUT2D eigenvalue weighted by Gasteiger charge is -2.12. The van der Waals surface area contributed by atoms with Gasteiger partial charge in [-0.25, -0.2) is 4.21 Å². The highest BCUT2D eigenvalue weighted by Gasteiger charge is 2.17. The number of aromatic nitrogens is 6. The topological polar surface area (TPSA) is 241 Å². The monoisotopic (exact) mass is 752 g/mol. The van der Waals surface area contributed by atoms with Crippen LogP contribution >= 0.6 is 0 Å². The smallest absolute Gasteiger partial charge is 0.295 e. The van der Waals surface area contributed by atoms with Gasteiger partial charge in [0, 0.05) is 36.8 Å². The minimum atomic E-state index is -4.73. The number of rotatable bonds is 14. The molecule has 19 heteroatoms. The van der Waals surface area contributed by atoms with Gasteiger partial charge < -0.3 is 36.5 Å². The minimum absolute atomic E-state index is 0.0126. The van der Waals surface area contributed by atoms with Crippen molar-refractivity contribution in [1.82, 2.24) is 29.9 Å². The Labute approximate surface area is 306 Å². The van der Waals surface area contributed by atoms with Gasteiger partial charge in [0.1, 0.15) is 4.90 Å². The molecule has 8 N–H and O–H groups in total. The van der Waals surface area contributed by atoms with Gasteiger partial charge in [0.25, 0.3) is 10.1 Å². The molecule has 0 bridgehead atoms. The maximum atomic E-state index is 12.5. The van der Waals surface area contributed by atoms with E-state index in [0.29, 0.717) is 11.3 Å². The summed E-state index contributed by atoms with van der Waals surface area (Å²) >= 11 is -2.45. The summed E-state index contributed by atoms with van der Waals surface area (Å²) in [7, 11) is -1.43. The van der Waals surface area contributed by atoms with E-state index in [4.69, 9.17) is 0 Å². The first-order chi connectivity index (χ1) is 25.6. The number of anilines is 10. The van der Waals surface area contributed by atoms with Crippen molar-refractivity contribution in [1.29, 1.82) is 0 Å². The van der Waals surface area contributed by atoms with Crippen LogP contribution in [0.3, 0.4) is 0 Å². The summed E-state index contributed by atoms with van der Waals surface area (Å²) in [6.07, 6.45) is 2.86. The SMILES string of the molecule is CNc1nc(Nc2ccccc2)nc(Nc2ccc(/C=C/c3ccc(Nc4nc(NC)nc(Nc5ccccc5)n4)cc3S(=O)(=O)O)c(S(=O)O)c2)n1. The Morgan fingerprint density at radius 2 is 0.943 bits per heavy atom. The van der Waals surface area contributed by atoms with Crippen LogP contribution in [0.15, 0.2) is 107 Å². The van der Waals surface area contributed by atoms with E-state index in [2.05, 4.69) is 61.8 Å². The highest BCUT2D eigenvalue weighted by molar-refractivity contribution is 7.86. The van der Waals surface area contributed by atoms with Gasteiger partial charge in [-0.05, 0) is 59.7 Å². The van der Waals surface area contributed by atoms with Crippen LogP contribution in [0.25, 0.3) is 12.2 Å². The third-order valence-corrected chi connectivity index (χ3v) is 8.86. The minimum Gasteiger partial charge on any atom is -0.357 e. The van der Waals surface area contributed by atoms with Crippen LogP contribution in [0.1, 0.15) is 11.1 Å². The molecule has 6 rings (SSSR count). The average Bonchev–Trinajstić information content (AvgIpc) is 3.14. The molecule has 0 aliphatic heterocycles. The number of hydrogen-bond acceptors (Lipinski definition) is 15. The average molecular weight is 753 g/mol. The summed E-state index contributed by atoms with van der Waals surface area (Å²) in [6.45, 7) is 0. The molecule has 0 radical (unpaired) electrons. The summed E-state index contributed by atoms with van der Waals surface area (Å²) in [5.41, 5.74) is 2.57. The number of nitrogens with one attached hydrogen (secondary N) is 6. The maximum Gasteiger partial charge on any atom is 0.295 e. The Balaban J connectivity index is 1.24. The van der Waals surface area contributed by atoms with Crippen LogP contribution in [-0.2, 0) is 21.2 Å². The van der Waals surface area contributed by atoms with Gasteiger partial charge in [-0.15, -0.1) is 0 Å². The Morgan fingerprint density at radius 3 is 1.38 bits per heavy atom. The van der Waals surface area contributed by atoms with E-state index < -0.39 is 26.1 Å². The van der Waals surface area contributed by atoms with Crippen LogP contribution in [-0.4, -0.2) is 65.7 Å². The molecule has 4 aromatic carbocycles. The molecule has 2 heterocycles. The quantitative estimate of drug-likeness (QED) is 0.0355. The van der Waals surface area contributed by atoms with Crippen molar-refractivity contribution < 1.29 is 21.7 Å². The third kappa shape index (κ3) is 9.62. The summed E-state index contributed by atoms with van der Waals surface area (Å²) in [4.78, 5) is 25.6. The van der Waals surface area contributed by atoms with Crippen molar-refractivity contribution in [3.63, 3.8) is 0 Å². The van der Waals surface area contributed by atoms with Crippen LogP contribution in [0.5, 0.6) is 0 Å². The molecule has 53 heavy (non-hydrogen) atoms. The summed E-state index contributed by atoms with van der Waals surface area (Å²) < 4.78 is 57.7. The molecular formula is C34H32N12O5S2. The van der Waals surface area contributed by atoms with E-state index >= 15 is 0 Å². The predicted molar refractivity (Wildman–Crippen MR) is 205 cm³/mol. The second-order valence-electron chi connectivity index (χ2n) is 10.9. The van der Waals surface area contributed by atoms with Crippen molar-refractivity contribution in [2.45, 2.75) is 9.79 Å². The molecule has 0 saturated carbocycles. The zero-order valence-electron chi connectivity index (χ0n) is 28.0. The molecule has 6 aromatic rings. The van der Waals surface area contributed by atoms with Crippen molar-refractivity contribution >= 4 is 91.8 Å². The molecule has 1 atom stereocenters. The van der Waals surface area contributed by atoms with E-state index in [1.807, 2.05) is 60.7 Å².